The van der Waals surface area contributed by atoms with Crippen molar-refractivity contribution in [1.29, 1.82) is 0 Å². The van der Waals surface area contributed by atoms with Gasteiger partial charge in [-0.05, 0) is 75.3 Å². The number of ether oxygens (including phenoxy) is 2. The average Bonchev–Trinajstić information content (AvgIpc) is 2.65. The van der Waals surface area contributed by atoms with E-state index >= 15 is 0 Å². The number of anilines is 1. The molecule has 0 radical (unpaired) electrons. The van der Waals surface area contributed by atoms with Gasteiger partial charge in [0.25, 0.3) is 0 Å². The summed E-state index contributed by atoms with van der Waals surface area (Å²) in [5, 5.41) is 0. The first-order chi connectivity index (χ1) is 13.2. The number of carbonyl (C=O) groups is 2. The third-order valence-electron chi connectivity index (χ3n) is 5.43. The quantitative estimate of drug-likeness (QED) is 0.511. The van der Waals surface area contributed by atoms with Crippen molar-refractivity contribution in [3.8, 4) is 0 Å². The summed E-state index contributed by atoms with van der Waals surface area (Å²) in [6.07, 6.45) is 2.44. The summed E-state index contributed by atoms with van der Waals surface area (Å²) in [7, 11) is 0. The number of nitrogens with zero attached hydrogens (tertiary/aromatic N) is 1. The molecule has 0 atom stereocenters. The number of carbonyl (C=O) groups excluding carboxylic acids is 2. The van der Waals surface area contributed by atoms with Crippen molar-refractivity contribution in [3.63, 3.8) is 0 Å². The van der Waals surface area contributed by atoms with Gasteiger partial charge in [-0.2, -0.15) is 0 Å². The van der Waals surface area contributed by atoms with Gasteiger partial charge in [0.2, 0.25) is 0 Å². The van der Waals surface area contributed by atoms with Crippen LogP contribution in [0.1, 0.15) is 67.3 Å². The Hall–Kier alpha value is -2.04. The molecule has 0 spiro atoms. The Labute approximate surface area is 170 Å². The SMILES string of the molecule is CCCC(=O)OCCN(CCOC(=O)CCC)c1c(C)c(C)c(C)c(C)c1C. The van der Waals surface area contributed by atoms with Crippen LogP contribution in [-0.2, 0) is 19.1 Å². The van der Waals surface area contributed by atoms with Crippen molar-refractivity contribution in [2.75, 3.05) is 31.2 Å². The van der Waals surface area contributed by atoms with E-state index in [1.54, 1.807) is 0 Å². The van der Waals surface area contributed by atoms with Gasteiger partial charge in [0, 0.05) is 18.5 Å². The van der Waals surface area contributed by atoms with E-state index in [9.17, 15) is 9.59 Å². The molecule has 1 rings (SSSR count). The van der Waals surface area contributed by atoms with Crippen LogP contribution in [0.15, 0.2) is 0 Å². The van der Waals surface area contributed by atoms with Gasteiger partial charge in [-0.15, -0.1) is 0 Å². The molecule has 28 heavy (non-hydrogen) atoms. The highest BCUT2D eigenvalue weighted by atomic mass is 16.5. The molecule has 0 unspecified atom stereocenters. The van der Waals surface area contributed by atoms with Crippen LogP contribution in [0.25, 0.3) is 0 Å². The van der Waals surface area contributed by atoms with Gasteiger partial charge >= 0.3 is 11.9 Å². The smallest absolute Gasteiger partial charge is 0.305 e. The van der Waals surface area contributed by atoms with Crippen molar-refractivity contribution in [2.45, 2.75) is 74.1 Å². The fourth-order valence-electron chi connectivity index (χ4n) is 3.38. The third kappa shape index (κ3) is 6.54. The lowest BCUT2D eigenvalue weighted by Gasteiger charge is -2.30. The zero-order chi connectivity index (χ0) is 21.3. The molecule has 0 saturated carbocycles. The number of rotatable bonds is 11. The lowest BCUT2D eigenvalue weighted by atomic mass is 9.92. The minimum absolute atomic E-state index is 0.165. The van der Waals surface area contributed by atoms with Crippen molar-refractivity contribution >= 4 is 17.6 Å². The molecule has 0 aliphatic heterocycles. The molecule has 158 valence electrons. The Morgan fingerprint density at radius 3 is 1.39 bits per heavy atom. The lowest BCUT2D eigenvalue weighted by molar-refractivity contribution is -0.143. The van der Waals surface area contributed by atoms with Gasteiger partial charge in [-0.25, -0.2) is 0 Å². The Bertz CT molecular complexity index is 629. The predicted octanol–water partition coefficient (Wildman–Crippen LogP) is 4.72. The normalized spacial score (nSPS) is 10.7. The first-order valence-electron chi connectivity index (χ1n) is 10.4. The first kappa shape index (κ1) is 24.0. The van der Waals surface area contributed by atoms with E-state index in [-0.39, 0.29) is 11.9 Å². The molecule has 0 amide bonds. The fourth-order valence-corrected chi connectivity index (χ4v) is 3.38. The maximum atomic E-state index is 11.7. The molecule has 0 heterocycles. The highest BCUT2D eigenvalue weighted by Gasteiger charge is 2.18. The molecule has 0 bridgehead atoms. The van der Waals surface area contributed by atoms with Gasteiger partial charge < -0.3 is 14.4 Å². The summed E-state index contributed by atoms with van der Waals surface area (Å²) in [5.74, 6) is -0.330. The van der Waals surface area contributed by atoms with Crippen LogP contribution in [0.3, 0.4) is 0 Å². The molecule has 5 nitrogen and oxygen atoms in total. The number of hydrogen-bond acceptors (Lipinski definition) is 5. The third-order valence-corrected chi connectivity index (χ3v) is 5.43. The van der Waals surface area contributed by atoms with E-state index in [1.165, 1.54) is 27.8 Å². The predicted molar refractivity (Wildman–Crippen MR) is 114 cm³/mol. The van der Waals surface area contributed by atoms with Gasteiger partial charge in [-0.3, -0.25) is 9.59 Å². The minimum Gasteiger partial charge on any atom is -0.464 e. The minimum atomic E-state index is -0.165. The summed E-state index contributed by atoms with van der Waals surface area (Å²) in [4.78, 5) is 25.6. The highest BCUT2D eigenvalue weighted by molar-refractivity contribution is 5.70. The van der Waals surface area contributed by atoms with Crippen LogP contribution in [0.2, 0.25) is 0 Å². The van der Waals surface area contributed by atoms with Crippen LogP contribution < -0.4 is 4.90 Å². The topological polar surface area (TPSA) is 55.8 Å². The number of esters is 2. The Kier molecular flexibility index (Phi) is 10.0. The van der Waals surface area contributed by atoms with Crippen molar-refractivity contribution in [2.24, 2.45) is 0 Å². The van der Waals surface area contributed by atoms with Gasteiger partial charge in [0.15, 0.2) is 0 Å². The first-order valence-corrected chi connectivity index (χ1v) is 10.4. The number of benzene rings is 1. The van der Waals surface area contributed by atoms with Crippen LogP contribution in [0, 0.1) is 34.6 Å². The van der Waals surface area contributed by atoms with Gasteiger partial charge in [0.1, 0.15) is 13.2 Å². The van der Waals surface area contributed by atoms with Gasteiger partial charge in [0.05, 0.1) is 13.1 Å². The van der Waals surface area contributed by atoms with Crippen LogP contribution in [0.5, 0.6) is 0 Å². The van der Waals surface area contributed by atoms with Crippen molar-refractivity contribution in [3.05, 3.63) is 27.8 Å². The maximum absolute atomic E-state index is 11.7. The zero-order valence-corrected chi connectivity index (χ0v) is 18.7. The summed E-state index contributed by atoms with van der Waals surface area (Å²) >= 11 is 0. The summed E-state index contributed by atoms with van der Waals surface area (Å²) in [5.41, 5.74) is 7.45. The van der Waals surface area contributed by atoms with E-state index in [2.05, 4.69) is 39.5 Å². The van der Waals surface area contributed by atoms with Crippen LogP contribution in [0.4, 0.5) is 5.69 Å². The van der Waals surface area contributed by atoms with Crippen molar-refractivity contribution in [1.82, 2.24) is 0 Å². The summed E-state index contributed by atoms with van der Waals surface area (Å²) in [6, 6.07) is 0. The molecule has 0 aromatic heterocycles. The van der Waals surface area contributed by atoms with E-state index in [0.717, 1.165) is 18.5 Å². The molecule has 0 fully saturated rings. The summed E-state index contributed by atoms with van der Waals surface area (Å²) < 4.78 is 10.8. The lowest BCUT2D eigenvalue weighted by Crippen LogP contribution is -2.33. The molecule has 0 aliphatic carbocycles. The van der Waals surface area contributed by atoms with E-state index in [1.807, 2.05) is 13.8 Å². The highest BCUT2D eigenvalue weighted by Crippen LogP contribution is 2.33. The second-order valence-corrected chi connectivity index (χ2v) is 7.40. The van der Waals surface area contributed by atoms with Gasteiger partial charge in [-0.1, -0.05) is 13.8 Å². The molecular weight excluding hydrogens is 354 g/mol. The Balaban J connectivity index is 3.00. The van der Waals surface area contributed by atoms with E-state index in [4.69, 9.17) is 9.47 Å². The standard InChI is InChI=1S/C23H37NO4/c1-8-10-21(25)27-14-12-24(13-15-28-22(26)11-9-2)23-19(6)17(4)16(3)18(5)20(23)7/h8-15H2,1-7H3. The monoisotopic (exact) mass is 391 g/mol. The zero-order valence-electron chi connectivity index (χ0n) is 18.7. The molecule has 0 aliphatic rings. The fraction of sp³-hybridized carbons (Fsp3) is 0.652. The Morgan fingerprint density at radius 2 is 1.04 bits per heavy atom. The van der Waals surface area contributed by atoms with Crippen LogP contribution in [-0.4, -0.2) is 38.2 Å². The molecular formula is C23H37NO4. The van der Waals surface area contributed by atoms with Crippen molar-refractivity contribution < 1.29 is 19.1 Å². The van der Waals surface area contributed by atoms with E-state index in [0.29, 0.717) is 39.1 Å². The summed E-state index contributed by atoms with van der Waals surface area (Å²) in [6.45, 7) is 16.4. The molecule has 0 saturated heterocycles. The number of hydrogen-bond donors (Lipinski definition) is 0. The second kappa shape index (κ2) is 11.7. The van der Waals surface area contributed by atoms with E-state index < -0.39 is 0 Å². The largest absolute Gasteiger partial charge is 0.464 e. The molecule has 1 aromatic rings. The molecule has 5 heteroatoms. The molecule has 0 N–H and O–H groups in total. The average molecular weight is 392 g/mol. The van der Waals surface area contributed by atoms with Crippen LogP contribution >= 0.6 is 0 Å². The second-order valence-electron chi connectivity index (χ2n) is 7.40. The maximum Gasteiger partial charge on any atom is 0.305 e. The molecule has 1 aromatic carbocycles. The Morgan fingerprint density at radius 1 is 0.679 bits per heavy atom.